The Morgan fingerprint density at radius 1 is 1.10 bits per heavy atom. The van der Waals surface area contributed by atoms with Crippen molar-refractivity contribution in [3.63, 3.8) is 0 Å². The Kier molecular flexibility index (Phi) is 10.5. The van der Waals surface area contributed by atoms with Crippen molar-refractivity contribution in [2.24, 2.45) is 10.9 Å². The van der Waals surface area contributed by atoms with Gasteiger partial charge >= 0.3 is 0 Å². The Balaban J connectivity index is 0.00000320. The van der Waals surface area contributed by atoms with E-state index in [-0.39, 0.29) is 41.9 Å². The predicted octanol–water partition coefficient (Wildman–Crippen LogP) is 3.22. The van der Waals surface area contributed by atoms with Gasteiger partial charge in [-0.1, -0.05) is 12.1 Å². The summed E-state index contributed by atoms with van der Waals surface area (Å²) in [6.45, 7) is 4.52. The molecule has 8 heteroatoms. The van der Waals surface area contributed by atoms with Crippen LogP contribution in [0.4, 0.5) is 0 Å². The van der Waals surface area contributed by atoms with E-state index in [1.807, 2.05) is 25.1 Å². The van der Waals surface area contributed by atoms with Crippen LogP contribution in [0.15, 0.2) is 23.2 Å². The highest BCUT2D eigenvalue weighted by Crippen LogP contribution is 2.35. The van der Waals surface area contributed by atoms with E-state index in [4.69, 9.17) is 14.5 Å². The minimum atomic E-state index is 0. The standard InChI is InChI=1S/C22H34N4O3.HI/c1-3-23-22(25-14-13-24-21(27)16-11-12-16)26-15-17-7-6-10-19(28-2)20(17)29-18-8-4-5-9-18;/h6-7,10,16,18H,3-5,8-9,11-15H2,1-2H3,(H,24,27)(H2,23,25,26);1H. The molecule has 30 heavy (non-hydrogen) atoms. The third kappa shape index (κ3) is 7.52. The van der Waals surface area contributed by atoms with Gasteiger partial charge in [-0.15, -0.1) is 24.0 Å². The van der Waals surface area contributed by atoms with Gasteiger partial charge in [0.2, 0.25) is 5.91 Å². The summed E-state index contributed by atoms with van der Waals surface area (Å²) in [5.41, 5.74) is 1.01. The highest BCUT2D eigenvalue weighted by molar-refractivity contribution is 14.0. The summed E-state index contributed by atoms with van der Waals surface area (Å²) in [6.07, 6.45) is 6.94. The number of ether oxygens (including phenoxy) is 2. The van der Waals surface area contributed by atoms with Gasteiger partial charge in [-0.25, -0.2) is 4.99 Å². The van der Waals surface area contributed by atoms with E-state index in [0.29, 0.717) is 19.6 Å². The second-order valence-electron chi connectivity index (χ2n) is 7.66. The van der Waals surface area contributed by atoms with Gasteiger partial charge in [-0.2, -0.15) is 0 Å². The molecule has 3 rings (SSSR count). The SMILES string of the molecule is CCNC(=NCc1cccc(OC)c1OC1CCCC1)NCCNC(=O)C1CC1.I. The average Bonchev–Trinajstić information content (AvgIpc) is 3.47. The van der Waals surface area contributed by atoms with E-state index in [0.717, 1.165) is 55.3 Å². The summed E-state index contributed by atoms with van der Waals surface area (Å²) >= 11 is 0. The number of carbonyl (C=O) groups excluding carboxylic acids is 1. The van der Waals surface area contributed by atoms with Crippen LogP contribution >= 0.6 is 24.0 Å². The molecule has 7 nitrogen and oxygen atoms in total. The number of amides is 1. The van der Waals surface area contributed by atoms with E-state index < -0.39 is 0 Å². The molecule has 2 fully saturated rings. The zero-order valence-corrected chi connectivity index (χ0v) is 20.4. The van der Waals surface area contributed by atoms with Crippen LogP contribution < -0.4 is 25.4 Å². The minimum absolute atomic E-state index is 0. The number of guanidine groups is 1. The van der Waals surface area contributed by atoms with Gasteiger partial charge in [-0.05, 0) is 51.5 Å². The van der Waals surface area contributed by atoms with Crippen LogP contribution in [0.1, 0.15) is 51.0 Å². The molecule has 0 bridgehead atoms. The second kappa shape index (κ2) is 12.9. The maximum Gasteiger partial charge on any atom is 0.223 e. The summed E-state index contributed by atoms with van der Waals surface area (Å²) in [5.74, 6) is 2.69. The number of hydrogen-bond donors (Lipinski definition) is 3. The molecule has 0 aliphatic heterocycles. The Morgan fingerprint density at radius 3 is 2.50 bits per heavy atom. The van der Waals surface area contributed by atoms with Crippen LogP contribution in [0.3, 0.4) is 0 Å². The number of halogens is 1. The molecule has 0 radical (unpaired) electrons. The van der Waals surface area contributed by atoms with Crippen LogP contribution in [0, 0.1) is 5.92 Å². The molecular weight excluding hydrogens is 495 g/mol. The normalized spacial score (nSPS) is 16.5. The van der Waals surface area contributed by atoms with Gasteiger partial charge in [0.15, 0.2) is 17.5 Å². The first kappa shape index (κ1) is 24.6. The Morgan fingerprint density at radius 2 is 1.83 bits per heavy atom. The molecule has 1 aromatic rings. The number of hydrogen-bond acceptors (Lipinski definition) is 4. The molecule has 0 atom stereocenters. The zero-order chi connectivity index (χ0) is 20.5. The molecule has 3 N–H and O–H groups in total. The number of benzene rings is 1. The molecule has 0 spiro atoms. The van der Waals surface area contributed by atoms with Gasteiger partial charge in [0.25, 0.3) is 0 Å². The maximum atomic E-state index is 11.7. The molecule has 2 saturated carbocycles. The molecule has 0 unspecified atom stereocenters. The van der Waals surface area contributed by atoms with Crippen molar-refractivity contribution >= 4 is 35.8 Å². The van der Waals surface area contributed by atoms with Crippen LogP contribution in [0.25, 0.3) is 0 Å². The van der Waals surface area contributed by atoms with Crippen molar-refractivity contribution in [1.82, 2.24) is 16.0 Å². The van der Waals surface area contributed by atoms with Gasteiger partial charge in [0.05, 0.1) is 19.8 Å². The van der Waals surface area contributed by atoms with E-state index in [1.165, 1.54) is 12.8 Å². The Hall–Kier alpha value is -1.71. The van der Waals surface area contributed by atoms with Crippen LogP contribution in [-0.2, 0) is 11.3 Å². The highest BCUT2D eigenvalue weighted by atomic mass is 127. The number of para-hydroxylation sites is 1. The largest absolute Gasteiger partial charge is 0.493 e. The van der Waals surface area contributed by atoms with E-state index in [1.54, 1.807) is 7.11 Å². The van der Waals surface area contributed by atoms with E-state index in [2.05, 4.69) is 16.0 Å². The van der Waals surface area contributed by atoms with Gasteiger partial charge in [0, 0.05) is 31.1 Å². The Labute approximate surface area is 196 Å². The van der Waals surface area contributed by atoms with Crippen LogP contribution in [0.5, 0.6) is 11.5 Å². The van der Waals surface area contributed by atoms with Crippen molar-refractivity contribution in [3.05, 3.63) is 23.8 Å². The van der Waals surface area contributed by atoms with Crippen molar-refractivity contribution < 1.29 is 14.3 Å². The van der Waals surface area contributed by atoms with Crippen LogP contribution in [-0.4, -0.2) is 44.7 Å². The van der Waals surface area contributed by atoms with E-state index in [9.17, 15) is 4.79 Å². The number of carbonyl (C=O) groups is 1. The highest BCUT2D eigenvalue weighted by Gasteiger charge is 2.29. The lowest BCUT2D eigenvalue weighted by Gasteiger charge is -2.19. The van der Waals surface area contributed by atoms with Crippen molar-refractivity contribution in [2.75, 3.05) is 26.7 Å². The molecule has 0 aromatic heterocycles. The molecule has 168 valence electrons. The summed E-state index contributed by atoms with van der Waals surface area (Å²) in [6, 6.07) is 5.94. The lowest BCUT2D eigenvalue weighted by Crippen LogP contribution is -2.41. The molecule has 2 aliphatic carbocycles. The molecular formula is C22H35IN4O3. The summed E-state index contributed by atoms with van der Waals surface area (Å²) in [4.78, 5) is 16.4. The fraction of sp³-hybridized carbons (Fsp3) is 0.636. The fourth-order valence-corrected chi connectivity index (χ4v) is 3.52. The van der Waals surface area contributed by atoms with Crippen molar-refractivity contribution in [3.8, 4) is 11.5 Å². The number of aliphatic imine (C=N–C) groups is 1. The minimum Gasteiger partial charge on any atom is -0.493 e. The lowest BCUT2D eigenvalue weighted by atomic mass is 10.1. The van der Waals surface area contributed by atoms with Gasteiger partial charge in [0.1, 0.15) is 0 Å². The van der Waals surface area contributed by atoms with E-state index >= 15 is 0 Å². The first-order valence-corrected chi connectivity index (χ1v) is 10.8. The van der Waals surface area contributed by atoms with Crippen molar-refractivity contribution in [2.45, 2.75) is 58.1 Å². The fourth-order valence-electron chi connectivity index (χ4n) is 3.52. The van der Waals surface area contributed by atoms with Crippen LogP contribution in [0.2, 0.25) is 0 Å². The number of rotatable bonds is 10. The summed E-state index contributed by atoms with van der Waals surface area (Å²) in [7, 11) is 1.67. The quantitative estimate of drug-likeness (QED) is 0.187. The first-order valence-electron chi connectivity index (χ1n) is 10.8. The molecule has 1 amide bonds. The monoisotopic (exact) mass is 530 g/mol. The predicted molar refractivity (Wildman–Crippen MR) is 130 cm³/mol. The topological polar surface area (TPSA) is 84.0 Å². The molecule has 0 saturated heterocycles. The summed E-state index contributed by atoms with van der Waals surface area (Å²) < 4.78 is 11.8. The van der Waals surface area contributed by atoms with Crippen molar-refractivity contribution in [1.29, 1.82) is 0 Å². The third-order valence-electron chi connectivity index (χ3n) is 5.28. The van der Waals surface area contributed by atoms with Gasteiger partial charge in [-0.3, -0.25) is 4.79 Å². The second-order valence-corrected chi connectivity index (χ2v) is 7.66. The lowest BCUT2D eigenvalue weighted by molar-refractivity contribution is -0.122. The molecule has 0 heterocycles. The number of nitrogens with one attached hydrogen (secondary N) is 3. The maximum absolute atomic E-state index is 11.7. The Bertz CT molecular complexity index is 704. The average molecular weight is 530 g/mol. The zero-order valence-electron chi connectivity index (χ0n) is 18.0. The number of methoxy groups -OCH3 is 1. The first-order chi connectivity index (χ1) is 14.2. The third-order valence-corrected chi connectivity index (χ3v) is 5.28. The molecule has 2 aliphatic rings. The molecule has 1 aromatic carbocycles. The summed E-state index contributed by atoms with van der Waals surface area (Å²) in [5, 5.41) is 9.49. The number of nitrogens with zero attached hydrogens (tertiary/aromatic N) is 1. The van der Waals surface area contributed by atoms with Gasteiger partial charge < -0.3 is 25.4 Å². The smallest absolute Gasteiger partial charge is 0.223 e.